The minimum Gasteiger partial charge on any atom is -0.388 e. The van der Waals surface area contributed by atoms with E-state index in [4.69, 9.17) is 11.1 Å². The minimum absolute atomic E-state index is 0.0449. The maximum Gasteiger partial charge on any atom is 0.242 e. The maximum absolute atomic E-state index is 12.9. The Balaban J connectivity index is 3.95. The monoisotopic (exact) mass is 633 g/mol. The average Bonchev–Trinajstić information content (AvgIpc) is 3.02. The van der Waals surface area contributed by atoms with E-state index >= 15 is 0 Å². The lowest BCUT2D eigenvalue weighted by Gasteiger charge is -2.18. The van der Waals surface area contributed by atoms with Crippen molar-refractivity contribution >= 4 is 17.6 Å². The highest BCUT2D eigenvalue weighted by Gasteiger charge is 2.20. The predicted octanol–water partition coefficient (Wildman–Crippen LogP) is 10.8. The van der Waals surface area contributed by atoms with E-state index in [0.717, 1.165) is 38.5 Å². The smallest absolute Gasteiger partial charge is 0.242 e. The number of rotatable bonds is 35. The lowest BCUT2D eigenvalue weighted by Crippen LogP contribution is -2.47. The second-order valence-corrected chi connectivity index (χ2v) is 13.4. The second kappa shape index (κ2) is 35.0. The van der Waals surface area contributed by atoms with Gasteiger partial charge in [-0.25, -0.2) is 0 Å². The fraction of sp³-hybridized carbons (Fsp3) is 0.872. The number of allylic oxidation sites excluding steroid dienone is 2. The lowest BCUT2D eigenvalue weighted by atomic mass is 10.0. The van der Waals surface area contributed by atoms with Crippen molar-refractivity contribution in [1.82, 2.24) is 10.6 Å². The molecule has 0 heterocycles. The molecule has 0 rings (SSSR count). The zero-order valence-electron chi connectivity index (χ0n) is 30.0. The molecule has 6 heteroatoms. The van der Waals surface area contributed by atoms with Crippen LogP contribution in [0, 0.1) is 5.41 Å². The van der Waals surface area contributed by atoms with E-state index in [-0.39, 0.29) is 17.6 Å². The summed E-state index contributed by atoms with van der Waals surface area (Å²) in [5, 5.41) is 13.5. The van der Waals surface area contributed by atoms with E-state index < -0.39 is 6.04 Å². The number of unbranched alkanes of at least 4 members (excludes halogenated alkanes) is 23. The fourth-order valence-electron chi connectivity index (χ4n) is 5.87. The number of nitrogens with one attached hydrogen (secondary N) is 3. The van der Waals surface area contributed by atoms with Crippen molar-refractivity contribution in [1.29, 1.82) is 5.41 Å². The minimum atomic E-state index is -0.540. The molecular weight excluding hydrogens is 556 g/mol. The number of carbonyl (C=O) groups excluding carboxylic acids is 2. The summed E-state index contributed by atoms with van der Waals surface area (Å²) in [6, 6.07) is -0.540. The molecule has 0 aliphatic heterocycles. The second-order valence-electron chi connectivity index (χ2n) is 13.4. The highest BCUT2D eigenvalue weighted by molar-refractivity contribution is 5.87. The van der Waals surface area contributed by atoms with Crippen molar-refractivity contribution in [2.24, 2.45) is 5.73 Å². The van der Waals surface area contributed by atoms with Gasteiger partial charge in [0.1, 0.15) is 6.04 Å². The van der Waals surface area contributed by atoms with Crippen LogP contribution in [0.4, 0.5) is 0 Å². The third kappa shape index (κ3) is 33.3. The molecule has 0 aliphatic carbocycles. The summed E-state index contributed by atoms with van der Waals surface area (Å²) in [5.74, 6) is -0.0206. The molecule has 0 aromatic heterocycles. The highest BCUT2D eigenvalue weighted by Crippen LogP contribution is 2.13. The van der Waals surface area contributed by atoms with Crippen LogP contribution in [0.2, 0.25) is 0 Å². The van der Waals surface area contributed by atoms with Crippen molar-refractivity contribution in [3.63, 3.8) is 0 Å². The predicted molar refractivity (Wildman–Crippen MR) is 196 cm³/mol. The largest absolute Gasteiger partial charge is 0.388 e. The summed E-state index contributed by atoms with van der Waals surface area (Å²) < 4.78 is 0. The number of hydrogen-bond acceptors (Lipinski definition) is 3. The molecule has 0 saturated heterocycles. The molecule has 0 fully saturated rings. The number of hydrogen-bond donors (Lipinski definition) is 4. The third-order valence-electron chi connectivity index (χ3n) is 8.84. The van der Waals surface area contributed by atoms with Crippen molar-refractivity contribution in [3.05, 3.63) is 12.2 Å². The van der Waals surface area contributed by atoms with Gasteiger partial charge in [-0.05, 0) is 51.4 Å². The van der Waals surface area contributed by atoms with Gasteiger partial charge < -0.3 is 16.4 Å². The molecule has 0 unspecified atom stereocenters. The van der Waals surface area contributed by atoms with E-state index in [1.165, 1.54) is 128 Å². The van der Waals surface area contributed by atoms with E-state index in [9.17, 15) is 9.59 Å². The molecule has 0 spiro atoms. The van der Waals surface area contributed by atoms with Gasteiger partial charge in [-0.1, -0.05) is 154 Å². The normalized spacial score (nSPS) is 12.0. The molecule has 0 aromatic carbocycles. The van der Waals surface area contributed by atoms with Crippen LogP contribution in [-0.4, -0.2) is 30.2 Å². The molecule has 6 nitrogen and oxygen atoms in total. The Morgan fingerprint density at radius 1 is 0.578 bits per heavy atom. The van der Waals surface area contributed by atoms with E-state index in [1.54, 1.807) is 0 Å². The molecule has 0 saturated carbocycles. The standard InChI is InChI=1S/C39H76N4O2/c1-3-5-7-9-11-13-15-17-18-19-21-23-25-27-29-34-38(44)43-36(32-31-33-37(40)41)39(45)42-35-30-28-26-24-22-20-16-14-12-10-8-6-4-2/h17-18,36H,3-16,19-35H2,1-2H3,(H3,40,41)(H,42,45)(H,43,44)/b18-17-/t36-/m0/s1. The zero-order chi connectivity index (χ0) is 33.1. The molecular formula is C39H76N4O2. The quantitative estimate of drug-likeness (QED) is 0.0241. The average molecular weight is 633 g/mol. The van der Waals surface area contributed by atoms with Crippen LogP contribution in [0.1, 0.15) is 206 Å². The van der Waals surface area contributed by atoms with Gasteiger partial charge in [0.05, 0.1) is 5.84 Å². The molecule has 1 atom stereocenters. The Morgan fingerprint density at radius 3 is 1.47 bits per heavy atom. The lowest BCUT2D eigenvalue weighted by molar-refractivity contribution is -0.129. The summed E-state index contributed by atoms with van der Waals surface area (Å²) in [5.41, 5.74) is 5.51. The third-order valence-corrected chi connectivity index (χ3v) is 8.84. The van der Waals surface area contributed by atoms with Crippen LogP contribution >= 0.6 is 0 Å². The molecule has 5 N–H and O–H groups in total. The van der Waals surface area contributed by atoms with Crippen LogP contribution in [0.25, 0.3) is 0 Å². The van der Waals surface area contributed by atoms with Crippen molar-refractivity contribution in [2.45, 2.75) is 213 Å². The Kier molecular flexibility index (Phi) is 33.6. The summed E-state index contributed by atoms with van der Waals surface area (Å²) in [6.45, 7) is 5.19. The van der Waals surface area contributed by atoms with Gasteiger partial charge in [-0.15, -0.1) is 0 Å². The van der Waals surface area contributed by atoms with Gasteiger partial charge in [0.2, 0.25) is 11.8 Å². The van der Waals surface area contributed by atoms with Gasteiger partial charge >= 0.3 is 0 Å². The SMILES string of the molecule is CCCCCCCC/C=C\CCCCCCCC(=O)N[C@@H](CCCC(=N)N)C(=O)NCCCCCCCCCCCCCCC. The first-order valence-corrected chi connectivity index (χ1v) is 19.6. The van der Waals surface area contributed by atoms with Crippen molar-refractivity contribution in [3.8, 4) is 0 Å². The fourth-order valence-corrected chi connectivity index (χ4v) is 5.87. The molecule has 0 bridgehead atoms. The number of amides is 2. The van der Waals surface area contributed by atoms with Crippen LogP contribution in [0.3, 0.4) is 0 Å². The van der Waals surface area contributed by atoms with E-state index in [0.29, 0.717) is 32.2 Å². The molecule has 0 aromatic rings. The van der Waals surface area contributed by atoms with E-state index in [1.807, 2.05) is 0 Å². The van der Waals surface area contributed by atoms with Crippen molar-refractivity contribution < 1.29 is 9.59 Å². The Labute approximate surface area is 279 Å². The topological polar surface area (TPSA) is 108 Å². The summed E-state index contributed by atoms with van der Waals surface area (Å²) >= 11 is 0. The first-order chi connectivity index (χ1) is 22.0. The summed E-state index contributed by atoms with van der Waals surface area (Å²) in [7, 11) is 0. The van der Waals surface area contributed by atoms with Gasteiger partial charge in [0, 0.05) is 19.4 Å². The Morgan fingerprint density at radius 2 is 1.00 bits per heavy atom. The molecule has 264 valence electrons. The maximum atomic E-state index is 12.9. The first kappa shape index (κ1) is 43.1. The highest BCUT2D eigenvalue weighted by atomic mass is 16.2. The van der Waals surface area contributed by atoms with Crippen LogP contribution in [-0.2, 0) is 9.59 Å². The number of carbonyl (C=O) groups is 2. The van der Waals surface area contributed by atoms with Crippen LogP contribution in [0.15, 0.2) is 12.2 Å². The molecule has 0 radical (unpaired) electrons. The Hall–Kier alpha value is -1.85. The van der Waals surface area contributed by atoms with Gasteiger partial charge in [-0.2, -0.15) is 0 Å². The van der Waals surface area contributed by atoms with Gasteiger partial charge in [-0.3, -0.25) is 15.0 Å². The zero-order valence-corrected chi connectivity index (χ0v) is 30.0. The summed E-state index contributed by atoms with van der Waals surface area (Å²) in [4.78, 5) is 25.5. The van der Waals surface area contributed by atoms with Gasteiger partial charge in [0.15, 0.2) is 0 Å². The number of amidine groups is 1. The molecule has 0 aliphatic rings. The first-order valence-electron chi connectivity index (χ1n) is 19.6. The van der Waals surface area contributed by atoms with Crippen LogP contribution in [0.5, 0.6) is 0 Å². The molecule has 2 amide bonds. The molecule has 45 heavy (non-hydrogen) atoms. The van der Waals surface area contributed by atoms with Gasteiger partial charge in [0.25, 0.3) is 0 Å². The summed E-state index contributed by atoms with van der Waals surface area (Å²) in [6.07, 6.45) is 39.7. The van der Waals surface area contributed by atoms with Crippen molar-refractivity contribution in [2.75, 3.05) is 6.54 Å². The Bertz CT molecular complexity index is 709. The van der Waals surface area contributed by atoms with E-state index in [2.05, 4.69) is 36.6 Å². The van der Waals surface area contributed by atoms with Crippen LogP contribution < -0.4 is 16.4 Å². The number of nitrogens with two attached hydrogens (primary N) is 1.